The van der Waals surface area contributed by atoms with Gasteiger partial charge >= 0.3 is 6.03 Å². The Morgan fingerprint density at radius 1 is 1.12 bits per heavy atom. The zero-order valence-corrected chi connectivity index (χ0v) is 14.6. The van der Waals surface area contributed by atoms with E-state index in [-0.39, 0.29) is 11.9 Å². The summed E-state index contributed by atoms with van der Waals surface area (Å²) in [5.74, 6) is 0.148. The fourth-order valence-electron chi connectivity index (χ4n) is 2.59. The van der Waals surface area contributed by atoms with E-state index in [9.17, 15) is 9.59 Å². The predicted octanol–water partition coefficient (Wildman–Crippen LogP) is 2.29. The summed E-state index contributed by atoms with van der Waals surface area (Å²) in [5, 5.41) is 8.11. The molecule has 3 aromatic rings. The molecule has 0 bridgehead atoms. The van der Waals surface area contributed by atoms with Gasteiger partial charge in [0.1, 0.15) is 11.3 Å². The third-order valence-electron chi connectivity index (χ3n) is 3.71. The first-order valence-electron chi connectivity index (χ1n) is 8.39. The maximum atomic E-state index is 12.5. The van der Waals surface area contributed by atoms with Crippen molar-refractivity contribution in [1.29, 1.82) is 0 Å². The molecule has 0 radical (unpaired) electrons. The summed E-state index contributed by atoms with van der Waals surface area (Å²) >= 11 is 0. The molecule has 0 aliphatic heterocycles. The number of anilines is 1. The number of carbonyl (C=O) groups is 2. The molecule has 26 heavy (non-hydrogen) atoms. The SMILES string of the molecule is CCNC(=O)Nc1cn2c(C(=O)NCC)cc(-c3cccnc3)cc2n1. The van der Waals surface area contributed by atoms with Gasteiger partial charge in [0.2, 0.25) is 0 Å². The minimum absolute atomic E-state index is 0.217. The number of rotatable bonds is 5. The van der Waals surface area contributed by atoms with E-state index in [4.69, 9.17) is 0 Å². The fourth-order valence-corrected chi connectivity index (χ4v) is 2.59. The van der Waals surface area contributed by atoms with Crippen LogP contribution in [0.15, 0.2) is 42.9 Å². The lowest BCUT2D eigenvalue weighted by molar-refractivity contribution is 0.0949. The number of pyridine rings is 2. The maximum absolute atomic E-state index is 12.5. The number of hydrogen-bond acceptors (Lipinski definition) is 4. The van der Waals surface area contributed by atoms with Crippen LogP contribution < -0.4 is 16.0 Å². The van der Waals surface area contributed by atoms with E-state index >= 15 is 0 Å². The molecule has 0 unspecified atom stereocenters. The number of amides is 3. The number of urea groups is 1. The van der Waals surface area contributed by atoms with Crippen LogP contribution in [-0.4, -0.2) is 39.4 Å². The molecule has 8 nitrogen and oxygen atoms in total. The highest BCUT2D eigenvalue weighted by atomic mass is 16.2. The lowest BCUT2D eigenvalue weighted by Gasteiger charge is -2.09. The lowest BCUT2D eigenvalue weighted by atomic mass is 10.1. The average Bonchev–Trinajstić information content (AvgIpc) is 3.04. The first-order valence-corrected chi connectivity index (χ1v) is 8.39. The zero-order chi connectivity index (χ0) is 18.5. The molecular formula is C18H20N6O2. The zero-order valence-electron chi connectivity index (χ0n) is 14.6. The largest absolute Gasteiger partial charge is 0.351 e. The first kappa shape index (κ1) is 17.4. The molecule has 0 aliphatic rings. The Balaban J connectivity index is 2.09. The summed E-state index contributed by atoms with van der Waals surface area (Å²) in [4.78, 5) is 32.8. The van der Waals surface area contributed by atoms with Crippen molar-refractivity contribution in [2.45, 2.75) is 13.8 Å². The summed E-state index contributed by atoms with van der Waals surface area (Å²) in [6.07, 6.45) is 5.04. The summed E-state index contributed by atoms with van der Waals surface area (Å²) in [6.45, 7) is 4.71. The maximum Gasteiger partial charge on any atom is 0.320 e. The molecule has 3 heterocycles. The van der Waals surface area contributed by atoms with Gasteiger partial charge in [0.15, 0.2) is 5.82 Å². The second-order valence-electron chi connectivity index (χ2n) is 5.57. The number of carbonyl (C=O) groups excluding carboxylic acids is 2. The van der Waals surface area contributed by atoms with Gasteiger partial charge in [0.25, 0.3) is 5.91 Å². The van der Waals surface area contributed by atoms with Crippen LogP contribution in [0.25, 0.3) is 16.8 Å². The standard InChI is InChI=1S/C18H20N6O2/c1-3-20-17(25)14-8-13(12-6-5-7-19-10-12)9-16-22-15(11-24(14)16)23-18(26)21-4-2/h5-11H,3-4H2,1-2H3,(H,20,25)(H2,21,23,26). The van der Waals surface area contributed by atoms with Gasteiger partial charge in [-0.15, -0.1) is 0 Å². The van der Waals surface area contributed by atoms with Gasteiger partial charge < -0.3 is 10.6 Å². The summed E-state index contributed by atoms with van der Waals surface area (Å²) in [7, 11) is 0. The van der Waals surface area contributed by atoms with Crippen LogP contribution in [0.1, 0.15) is 24.3 Å². The highest BCUT2D eigenvalue weighted by Crippen LogP contribution is 2.23. The van der Waals surface area contributed by atoms with Gasteiger partial charge in [-0.2, -0.15) is 0 Å². The van der Waals surface area contributed by atoms with Crippen molar-refractivity contribution in [2.75, 3.05) is 18.4 Å². The summed E-state index contributed by atoms with van der Waals surface area (Å²) in [5.41, 5.74) is 2.68. The van der Waals surface area contributed by atoms with Gasteiger partial charge in [0.05, 0.1) is 6.20 Å². The molecule has 134 valence electrons. The Morgan fingerprint density at radius 2 is 1.92 bits per heavy atom. The lowest BCUT2D eigenvalue weighted by Crippen LogP contribution is -2.28. The van der Waals surface area contributed by atoms with Crippen LogP contribution in [0.4, 0.5) is 10.6 Å². The van der Waals surface area contributed by atoms with Crippen molar-refractivity contribution in [3.05, 3.63) is 48.5 Å². The molecule has 3 amide bonds. The fraction of sp³-hybridized carbons (Fsp3) is 0.222. The molecule has 0 fully saturated rings. The Labute approximate surface area is 150 Å². The van der Waals surface area contributed by atoms with E-state index in [1.807, 2.05) is 32.0 Å². The Morgan fingerprint density at radius 3 is 2.62 bits per heavy atom. The summed E-state index contributed by atoms with van der Waals surface area (Å²) in [6, 6.07) is 7.04. The predicted molar refractivity (Wildman–Crippen MR) is 99.1 cm³/mol. The van der Waals surface area contributed by atoms with E-state index in [0.717, 1.165) is 11.1 Å². The Kier molecular flexibility index (Phi) is 5.12. The number of aromatic nitrogens is 3. The van der Waals surface area contributed by atoms with E-state index in [1.54, 1.807) is 29.1 Å². The highest BCUT2D eigenvalue weighted by Gasteiger charge is 2.15. The second kappa shape index (κ2) is 7.64. The van der Waals surface area contributed by atoms with Crippen LogP contribution >= 0.6 is 0 Å². The Hall–Kier alpha value is -3.42. The molecular weight excluding hydrogens is 332 g/mol. The number of hydrogen-bond donors (Lipinski definition) is 3. The molecule has 0 atom stereocenters. The van der Waals surface area contributed by atoms with E-state index in [0.29, 0.717) is 30.2 Å². The highest BCUT2D eigenvalue weighted by molar-refractivity contribution is 5.95. The molecule has 0 aliphatic carbocycles. The first-order chi connectivity index (χ1) is 12.6. The van der Waals surface area contributed by atoms with E-state index in [1.165, 1.54) is 0 Å². The molecule has 0 saturated heterocycles. The van der Waals surface area contributed by atoms with Crippen LogP contribution in [0, 0.1) is 0 Å². The van der Waals surface area contributed by atoms with Gasteiger partial charge in [-0.3, -0.25) is 19.5 Å². The number of fused-ring (bicyclic) bond motifs is 1. The molecule has 0 aromatic carbocycles. The van der Waals surface area contributed by atoms with E-state index < -0.39 is 0 Å². The molecule has 3 aromatic heterocycles. The third-order valence-corrected chi connectivity index (χ3v) is 3.71. The van der Waals surface area contributed by atoms with Crippen LogP contribution in [-0.2, 0) is 0 Å². The van der Waals surface area contributed by atoms with Crippen molar-refractivity contribution in [1.82, 2.24) is 25.0 Å². The minimum Gasteiger partial charge on any atom is -0.351 e. The molecule has 0 spiro atoms. The van der Waals surface area contributed by atoms with Gasteiger partial charge in [-0.1, -0.05) is 6.07 Å². The third kappa shape index (κ3) is 3.64. The monoisotopic (exact) mass is 352 g/mol. The molecule has 3 N–H and O–H groups in total. The number of nitrogens with one attached hydrogen (secondary N) is 3. The van der Waals surface area contributed by atoms with E-state index in [2.05, 4.69) is 25.9 Å². The normalized spacial score (nSPS) is 10.5. The van der Waals surface area contributed by atoms with Crippen molar-refractivity contribution >= 4 is 23.4 Å². The van der Waals surface area contributed by atoms with Crippen LogP contribution in [0.3, 0.4) is 0 Å². The Bertz CT molecular complexity index is 936. The topological polar surface area (TPSA) is 100 Å². The van der Waals surface area contributed by atoms with Gasteiger partial charge in [-0.05, 0) is 37.6 Å². The van der Waals surface area contributed by atoms with Crippen LogP contribution in [0.2, 0.25) is 0 Å². The van der Waals surface area contributed by atoms with Crippen molar-refractivity contribution < 1.29 is 9.59 Å². The van der Waals surface area contributed by atoms with Gasteiger partial charge in [-0.25, -0.2) is 9.78 Å². The van der Waals surface area contributed by atoms with Crippen LogP contribution in [0.5, 0.6) is 0 Å². The molecule has 8 heteroatoms. The molecule has 3 rings (SSSR count). The second-order valence-corrected chi connectivity index (χ2v) is 5.57. The number of nitrogens with zero attached hydrogens (tertiary/aromatic N) is 3. The van der Waals surface area contributed by atoms with Crippen molar-refractivity contribution in [2.24, 2.45) is 0 Å². The van der Waals surface area contributed by atoms with Crippen molar-refractivity contribution in [3.63, 3.8) is 0 Å². The smallest absolute Gasteiger partial charge is 0.320 e. The molecule has 0 saturated carbocycles. The summed E-state index contributed by atoms with van der Waals surface area (Å²) < 4.78 is 1.66. The van der Waals surface area contributed by atoms with Gasteiger partial charge in [0, 0.05) is 31.0 Å². The minimum atomic E-state index is -0.344. The average molecular weight is 352 g/mol. The quantitative estimate of drug-likeness (QED) is 0.656. The van der Waals surface area contributed by atoms with Crippen molar-refractivity contribution in [3.8, 4) is 11.1 Å². The number of imidazole rings is 1.